The van der Waals surface area contributed by atoms with Gasteiger partial charge in [0, 0.05) is 12.6 Å². The maximum atomic E-state index is 12.5. The van der Waals surface area contributed by atoms with Gasteiger partial charge < -0.3 is 20.5 Å². The van der Waals surface area contributed by atoms with E-state index in [2.05, 4.69) is 5.32 Å². The van der Waals surface area contributed by atoms with Crippen LogP contribution in [0.1, 0.15) is 54.0 Å². The SMILES string of the molecule is CCOC(=O)c1c(N)sc(C(=O)NC)c1COC(=O)c1cccc(C)c1C. The Morgan fingerprint density at radius 2 is 1.85 bits per heavy atom. The van der Waals surface area contributed by atoms with E-state index in [0.717, 1.165) is 22.5 Å². The maximum absolute atomic E-state index is 12.5. The van der Waals surface area contributed by atoms with Crippen molar-refractivity contribution < 1.29 is 23.9 Å². The van der Waals surface area contributed by atoms with Crippen LogP contribution in [-0.4, -0.2) is 31.5 Å². The van der Waals surface area contributed by atoms with Crippen molar-refractivity contribution >= 4 is 34.2 Å². The van der Waals surface area contributed by atoms with E-state index in [-0.39, 0.29) is 34.2 Å². The van der Waals surface area contributed by atoms with E-state index in [4.69, 9.17) is 15.2 Å². The van der Waals surface area contributed by atoms with E-state index < -0.39 is 17.8 Å². The van der Waals surface area contributed by atoms with Crippen LogP contribution in [-0.2, 0) is 16.1 Å². The van der Waals surface area contributed by atoms with Crippen LogP contribution in [0.4, 0.5) is 5.00 Å². The van der Waals surface area contributed by atoms with Crippen molar-refractivity contribution in [3.63, 3.8) is 0 Å². The molecule has 0 atom stereocenters. The molecule has 0 saturated carbocycles. The smallest absolute Gasteiger partial charge is 0.341 e. The molecule has 3 N–H and O–H groups in total. The first-order valence-corrected chi connectivity index (χ1v) is 9.17. The average molecular weight is 390 g/mol. The molecule has 144 valence electrons. The second-order valence-corrected chi connectivity index (χ2v) is 6.82. The molecule has 1 heterocycles. The molecule has 1 amide bonds. The van der Waals surface area contributed by atoms with Crippen LogP contribution in [0.2, 0.25) is 0 Å². The van der Waals surface area contributed by atoms with E-state index in [9.17, 15) is 14.4 Å². The van der Waals surface area contributed by atoms with Gasteiger partial charge in [-0.15, -0.1) is 11.3 Å². The minimum absolute atomic E-state index is 0.0641. The Labute approximate surface area is 161 Å². The number of nitrogens with one attached hydrogen (secondary N) is 1. The molecule has 0 bridgehead atoms. The summed E-state index contributed by atoms with van der Waals surface area (Å²) in [5.41, 5.74) is 8.43. The first-order chi connectivity index (χ1) is 12.8. The number of nitrogens with two attached hydrogens (primary N) is 1. The van der Waals surface area contributed by atoms with Crippen LogP contribution in [0.25, 0.3) is 0 Å². The second-order valence-electron chi connectivity index (χ2n) is 5.77. The molecule has 8 heteroatoms. The number of thiophene rings is 1. The number of amides is 1. The van der Waals surface area contributed by atoms with Crippen molar-refractivity contribution in [2.75, 3.05) is 19.4 Å². The van der Waals surface area contributed by atoms with Gasteiger partial charge in [-0.1, -0.05) is 12.1 Å². The lowest BCUT2D eigenvalue weighted by molar-refractivity contribution is 0.0449. The first kappa shape index (κ1) is 20.4. The third kappa shape index (κ3) is 4.28. The zero-order valence-electron chi connectivity index (χ0n) is 15.7. The summed E-state index contributed by atoms with van der Waals surface area (Å²) in [7, 11) is 1.47. The summed E-state index contributed by atoms with van der Waals surface area (Å²) in [5.74, 6) is -1.61. The van der Waals surface area contributed by atoms with Crippen LogP contribution in [0.15, 0.2) is 18.2 Å². The second kappa shape index (κ2) is 8.68. The van der Waals surface area contributed by atoms with Crippen molar-refractivity contribution in [2.24, 2.45) is 0 Å². The first-order valence-electron chi connectivity index (χ1n) is 8.35. The lowest BCUT2D eigenvalue weighted by atomic mass is 10.0. The molecule has 0 unspecified atom stereocenters. The number of hydrogen-bond donors (Lipinski definition) is 2. The molecule has 0 saturated heterocycles. The summed E-state index contributed by atoms with van der Waals surface area (Å²) in [6, 6.07) is 5.33. The number of aryl methyl sites for hydroxylation is 1. The van der Waals surface area contributed by atoms with Gasteiger partial charge in [-0.3, -0.25) is 4.79 Å². The molecule has 0 aliphatic heterocycles. The van der Waals surface area contributed by atoms with Crippen LogP contribution < -0.4 is 11.1 Å². The van der Waals surface area contributed by atoms with Crippen molar-refractivity contribution in [3.8, 4) is 0 Å². The summed E-state index contributed by atoms with van der Waals surface area (Å²) < 4.78 is 10.4. The minimum atomic E-state index is -0.654. The van der Waals surface area contributed by atoms with E-state index >= 15 is 0 Å². The molecule has 0 aliphatic carbocycles. The Hall–Kier alpha value is -2.87. The highest BCUT2D eigenvalue weighted by Crippen LogP contribution is 2.32. The Kier molecular flexibility index (Phi) is 6.57. The molecule has 7 nitrogen and oxygen atoms in total. The topological polar surface area (TPSA) is 108 Å². The highest BCUT2D eigenvalue weighted by Gasteiger charge is 2.27. The molecule has 0 aliphatic rings. The van der Waals surface area contributed by atoms with Gasteiger partial charge in [0.05, 0.1) is 12.2 Å². The monoisotopic (exact) mass is 390 g/mol. The number of benzene rings is 1. The largest absolute Gasteiger partial charge is 0.462 e. The van der Waals surface area contributed by atoms with E-state index in [1.807, 2.05) is 19.9 Å². The van der Waals surface area contributed by atoms with E-state index in [1.54, 1.807) is 19.1 Å². The third-order valence-electron chi connectivity index (χ3n) is 4.12. The third-order valence-corrected chi connectivity index (χ3v) is 5.18. The van der Waals surface area contributed by atoms with Gasteiger partial charge in [0.15, 0.2) is 0 Å². The van der Waals surface area contributed by atoms with Gasteiger partial charge in [0.1, 0.15) is 22.0 Å². The number of hydrogen-bond acceptors (Lipinski definition) is 7. The average Bonchev–Trinajstić information content (AvgIpc) is 2.97. The Bertz CT molecular complexity index is 888. The lowest BCUT2D eigenvalue weighted by Crippen LogP contribution is -2.20. The van der Waals surface area contributed by atoms with Gasteiger partial charge in [0.25, 0.3) is 5.91 Å². The molecule has 0 radical (unpaired) electrons. The Balaban J connectivity index is 2.36. The highest BCUT2D eigenvalue weighted by molar-refractivity contribution is 7.18. The minimum Gasteiger partial charge on any atom is -0.462 e. The van der Waals surface area contributed by atoms with E-state index in [0.29, 0.717) is 5.56 Å². The fraction of sp³-hybridized carbons (Fsp3) is 0.316. The lowest BCUT2D eigenvalue weighted by Gasteiger charge is -2.11. The molecular weight excluding hydrogens is 368 g/mol. The Morgan fingerprint density at radius 1 is 1.15 bits per heavy atom. The van der Waals surface area contributed by atoms with Gasteiger partial charge in [-0.25, -0.2) is 9.59 Å². The fourth-order valence-corrected chi connectivity index (χ4v) is 3.54. The quantitative estimate of drug-likeness (QED) is 0.735. The number of carbonyl (C=O) groups excluding carboxylic acids is 3. The predicted molar refractivity (Wildman–Crippen MR) is 103 cm³/mol. The maximum Gasteiger partial charge on any atom is 0.341 e. The van der Waals surface area contributed by atoms with Gasteiger partial charge in [-0.2, -0.15) is 0 Å². The summed E-state index contributed by atoms with van der Waals surface area (Å²) in [5, 5.41) is 2.64. The molecular formula is C19H22N2O5S. The molecule has 0 fully saturated rings. The normalized spacial score (nSPS) is 10.4. The van der Waals surface area contributed by atoms with Crippen molar-refractivity contribution in [3.05, 3.63) is 50.9 Å². The van der Waals surface area contributed by atoms with Crippen LogP contribution in [0.3, 0.4) is 0 Å². The molecule has 2 aromatic rings. The molecule has 2 rings (SSSR count). The summed E-state index contributed by atoms with van der Waals surface area (Å²) in [6.45, 7) is 5.28. The van der Waals surface area contributed by atoms with Crippen LogP contribution >= 0.6 is 11.3 Å². The predicted octanol–water partition coefficient (Wildman–Crippen LogP) is 2.84. The fourth-order valence-electron chi connectivity index (χ4n) is 2.53. The zero-order chi connectivity index (χ0) is 20.1. The zero-order valence-corrected chi connectivity index (χ0v) is 16.5. The molecule has 27 heavy (non-hydrogen) atoms. The van der Waals surface area contributed by atoms with Gasteiger partial charge >= 0.3 is 11.9 Å². The standard InChI is InChI=1S/C19H22N2O5S/c1-5-25-19(24)14-13(15(17(22)21-4)27-16(14)20)9-26-18(23)12-8-6-7-10(2)11(12)3/h6-8H,5,9,20H2,1-4H3,(H,21,22). The van der Waals surface area contributed by atoms with Gasteiger partial charge in [-0.05, 0) is 38.0 Å². The number of anilines is 1. The Morgan fingerprint density at radius 3 is 2.48 bits per heavy atom. The number of esters is 2. The number of carbonyl (C=O) groups is 3. The highest BCUT2D eigenvalue weighted by atomic mass is 32.1. The van der Waals surface area contributed by atoms with Crippen molar-refractivity contribution in [1.29, 1.82) is 0 Å². The van der Waals surface area contributed by atoms with Crippen molar-refractivity contribution in [1.82, 2.24) is 5.32 Å². The number of ether oxygens (including phenoxy) is 2. The molecule has 0 spiro atoms. The van der Waals surface area contributed by atoms with Gasteiger partial charge in [0.2, 0.25) is 0 Å². The molecule has 1 aromatic heterocycles. The summed E-state index contributed by atoms with van der Waals surface area (Å²) >= 11 is 0.955. The molecule has 1 aromatic carbocycles. The van der Waals surface area contributed by atoms with Crippen LogP contribution in [0.5, 0.6) is 0 Å². The van der Waals surface area contributed by atoms with E-state index in [1.165, 1.54) is 7.05 Å². The number of nitrogen functional groups attached to an aromatic ring is 1. The number of rotatable bonds is 6. The summed E-state index contributed by atoms with van der Waals surface area (Å²) in [6.07, 6.45) is 0. The van der Waals surface area contributed by atoms with Crippen molar-refractivity contribution in [2.45, 2.75) is 27.4 Å². The summed E-state index contributed by atoms with van der Waals surface area (Å²) in [4.78, 5) is 37.1. The van der Waals surface area contributed by atoms with Crippen LogP contribution in [0, 0.1) is 13.8 Å².